The Kier molecular flexibility index (Phi) is 3.19. The summed E-state index contributed by atoms with van der Waals surface area (Å²) >= 11 is 0. The quantitative estimate of drug-likeness (QED) is 0.828. The number of carbonyl (C=O) groups excluding carboxylic acids is 1. The van der Waals surface area contributed by atoms with Crippen molar-refractivity contribution in [1.82, 2.24) is 9.88 Å². The second-order valence-electron chi connectivity index (χ2n) is 6.66. The fourth-order valence-electron chi connectivity index (χ4n) is 3.38. The van der Waals surface area contributed by atoms with Crippen molar-refractivity contribution in [3.63, 3.8) is 0 Å². The van der Waals surface area contributed by atoms with Crippen LogP contribution in [0.15, 0.2) is 18.2 Å². The van der Waals surface area contributed by atoms with Crippen molar-refractivity contribution in [3.05, 3.63) is 23.9 Å². The summed E-state index contributed by atoms with van der Waals surface area (Å²) in [5.41, 5.74) is 1.38. The minimum Gasteiger partial charge on any atom is -0.355 e. The molecule has 1 amide bonds. The normalized spacial score (nSPS) is 20.6. The Balaban J connectivity index is 1.62. The SMILES string of the molecule is Cc1cccc(N2CC3(CCN(C(=O)C(C)C)C3)C2)n1. The zero-order valence-corrected chi connectivity index (χ0v) is 12.6. The van der Waals surface area contributed by atoms with Crippen LogP contribution < -0.4 is 4.90 Å². The van der Waals surface area contributed by atoms with Gasteiger partial charge in [-0.2, -0.15) is 0 Å². The Labute approximate surface area is 120 Å². The fraction of sp³-hybridized carbons (Fsp3) is 0.625. The molecular formula is C16H23N3O. The molecule has 0 saturated carbocycles. The molecular weight excluding hydrogens is 250 g/mol. The number of anilines is 1. The molecule has 0 atom stereocenters. The minimum absolute atomic E-state index is 0.111. The highest BCUT2D eigenvalue weighted by Gasteiger charge is 2.49. The van der Waals surface area contributed by atoms with Gasteiger partial charge in [-0.1, -0.05) is 19.9 Å². The lowest BCUT2D eigenvalue weighted by molar-refractivity contribution is -0.133. The standard InChI is InChI=1S/C16H23N3O/c1-12(2)15(20)18-8-7-16(9-18)10-19(11-16)14-6-4-5-13(3)17-14/h4-6,12H,7-11H2,1-3H3. The second kappa shape index (κ2) is 4.76. The van der Waals surface area contributed by atoms with Gasteiger partial charge in [0.2, 0.25) is 5.91 Å². The van der Waals surface area contributed by atoms with E-state index < -0.39 is 0 Å². The number of hydrogen-bond acceptors (Lipinski definition) is 3. The third-order valence-corrected chi connectivity index (χ3v) is 4.49. The number of nitrogens with zero attached hydrogens (tertiary/aromatic N) is 3. The van der Waals surface area contributed by atoms with Crippen molar-refractivity contribution in [2.24, 2.45) is 11.3 Å². The summed E-state index contributed by atoms with van der Waals surface area (Å²) in [4.78, 5) is 21.0. The van der Waals surface area contributed by atoms with Gasteiger partial charge in [0.15, 0.2) is 0 Å². The van der Waals surface area contributed by atoms with Crippen LogP contribution in [0.2, 0.25) is 0 Å². The van der Waals surface area contributed by atoms with Crippen molar-refractivity contribution >= 4 is 11.7 Å². The van der Waals surface area contributed by atoms with Crippen LogP contribution in [0.1, 0.15) is 26.0 Å². The van der Waals surface area contributed by atoms with Crippen molar-refractivity contribution in [3.8, 4) is 0 Å². The van der Waals surface area contributed by atoms with Crippen molar-refractivity contribution in [1.29, 1.82) is 0 Å². The summed E-state index contributed by atoms with van der Waals surface area (Å²) < 4.78 is 0. The Morgan fingerprint density at radius 1 is 1.30 bits per heavy atom. The monoisotopic (exact) mass is 273 g/mol. The third kappa shape index (κ3) is 2.28. The van der Waals surface area contributed by atoms with E-state index in [-0.39, 0.29) is 5.92 Å². The first-order chi connectivity index (χ1) is 9.49. The van der Waals surface area contributed by atoms with Gasteiger partial charge in [0.25, 0.3) is 0 Å². The zero-order chi connectivity index (χ0) is 14.3. The highest BCUT2D eigenvalue weighted by molar-refractivity contribution is 5.78. The van der Waals surface area contributed by atoms with Gasteiger partial charge in [-0.05, 0) is 25.5 Å². The van der Waals surface area contributed by atoms with E-state index in [1.54, 1.807) is 0 Å². The number of hydrogen-bond donors (Lipinski definition) is 0. The highest BCUT2D eigenvalue weighted by Crippen LogP contribution is 2.41. The summed E-state index contributed by atoms with van der Waals surface area (Å²) in [6, 6.07) is 6.16. The van der Waals surface area contributed by atoms with Crippen LogP contribution in [-0.2, 0) is 4.79 Å². The average molecular weight is 273 g/mol. The van der Waals surface area contributed by atoms with Crippen LogP contribution in [0.25, 0.3) is 0 Å². The van der Waals surface area contributed by atoms with Gasteiger partial charge in [-0.3, -0.25) is 4.79 Å². The van der Waals surface area contributed by atoms with E-state index in [9.17, 15) is 4.79 Å². The lowest BCUT2D eigenvalue weighted by Crippen LogP contribution is -2.58. The minimum atomic E-state index is 0.111. The van der Waals surface area contributed by atoms with Gasteiger partial charge in [-0.25, -0.2) is 4.98 Å². The molecule has 4 heteroatoms. The fourth-order valence-corrected chi connectivity index (χ4v) is 3.38. The molecule has 2 aliphatic rings. The summed E-state index contributed by atoms with van der Waals surface area (Å²) in [6.45, 7) is 9.90. The largest absolute Gasteiger partial charge is 0.355 e. The molecule has 2 aliphatic heterocycles. The number of aromatic nitrogens is 1. The molecule has 1 spiro atoms. The number of likely N-dealkylation sites (tertiary alicyclic amines) is 1. The van der Waals surface area contributed by atoms with Gasteiger partial charge >= 0.3 is 0 Å². The summed E-state index contributed by atoms with van der Waals surface area (Å²) in [5.74, 6) is 1.48. The van der Waals surface area contributed by atoms with E-state index in [0.29, 0.717) is 11.3 Å². The molecule has 0 unspecified atom stereocenters. The highest BCUT2D eigenvalue weighted by atomic mass is 16.2. The van der Waals surface area contributed by atoms with E-state index in [0.717, 1.165) is 44.1 Å². The lowest BCUT2D eigenvalue weighted by atomic mass is 9.79. The molecule has 0 aromatic carbocycles. The Morgan fingerprint density at radius 3 is 2.70 bits per heavy atom. The number of aryl methyl sites for hydroxylation is 1. The van der Waals surface area contributed by atoms with Gasteiger partial charge in [0, 0.05) is 43.2 Å². The van der Waals surface area contributed by atoms with Crippen molar-refractivity contribution in [2.45, 2.75) is 27.2 Å². The zero-order valence-electron chi connectivity index (χ0n) is 12.6. The molecule has 108 valence electrons. The molecule has 20 heavy (non-hydrogen) atoms. The Morgan fingerprint density at radius 2 is 2.05 bits per heavy atom. The van der Waals surface area contributed by atoms with E-state index in [1.165, 1.54) is 0 Å². The summed E-state index contributed by atoms with van der Waals surface area (Å²) in [6.07, 6.45) is 1.13. The molecule has 3 rings (SSSR count). The molecule has 1 aromatic heterocycles. The predicted octanol–water partition coefficient (Wildman–Crippen LogP) is 2.08. The summed E-state index contributed by atoms with van der Waals surface area (Å²) in [5, 5.41) is 0. The maximum atomic E-state index is 12.1. The maximum absolute atomic E-state index is 12.1. The predicted molar refractivity (Wildman–Crippen MR) is 79.7 cm³/mol. The van der Waals surface area contributed by atoms with Crippen LogP contribution in [-0.4, -0.2) is 42.0 Å². The number of rotatable bonds is 2. The van der Waals surface area contributed by atoms with Crippen LogP contribution in [0.3, 0.4) is 0 Å². The molecule has 3 heterocycles. The molecule has 0 radical (unpaired) electrons. The number of carbonyl (C=O) groups is 1. The third-order valence-electron chi connectivity index (χ3n) is 4.49. The summed E-state index contributed by atoms with van der Waals surface area (Å²) in [7, 11) is 0. The van der Waals surface area contributed by atoms with Crippen LogP contribution in [0.4, 0.5) is 5.82 Å². The van der Waals surface area contributed by atoms with Crippen LogP contribution in [0, 0.1) is 18.3 Å². The van der Waals surface area contributed by atoms with Crippen molar-refractivity contribution < 1.29 is 4.79 Å². The van der Waals surface area contributed by atoms with Gasteiger partial charge in [-0.15, -0.1) is 0 Å². The van der Waals surface area contributed by atoms with E-state index >= 15 is 0 Å². The van der Waals surface area contributed by atoms with Crippen molar-refractivity contribution in [2.75, 3.05) is 31.1 Å². The smallest absolute Gasteiger partial charge is 0.225 e. The molecule has 0 aliphatic carbocycles. The van der Waals surface area contributed by atoms with Gasteiger partial charge < -0.3 is 9.80 Å². The van der Waals surface area contributed by atoms with Gasteiger partial charge in [0.05, 0.1) is 0 Å². The van der Waals surface area contributed by atoms with Gasteiger partial charge in [0.1, 0.15) is 5.82 Å². The average Bonchev–Trinajstić information content (AvgIpc) is 2.81. The number of amides is 1. The van der Waals surface area contributed by atoms with E-state index in [4.69, 9.17) is 0 Å². The maximum Gasteiger partial charge on any atom is 0.225 e. The Bertz CT molecular complexity index is 520. The van der Waals surface area contributed by atoms with Crippen LogP contribution in [0.5, 0.6) is 0 Å². The van der Waals surface area contributed by atoms with Crippen LogP contribution >= 0.6 is 0 Å². The molecule has 2 fully saturated rings. The molecule has 1 aromatic rings. The Hall–Kier alpha value is -1.58. The first-order valence-electron chi connectivity index (χ1n) is 7.47. The molecule has 0 N–H and O–H groups in total. The van der Waals surface area contributed by atoms with E-state index in [1.807, 2.05) is 31.7 Å². The number of pyridine rings is 1. The molecule has 2 saturated heterocycles. The molecule has 0 bridgehead atoms. The molecule has 4 nitrogen and oxygen atoms in total. The lowest BCUT2D eigenvalue weighted by Gasteiger charge is -2.48. The second-order valence-corrected chi connectivity index (χ2v) is 6.66. The first-order valence-corrected chi connectivity index (χ1v) is 7.47. The first kappa shape index (κ1) is 13.4. The van der Waals surface area contributed by atoms with E-state index in [2.05, 4.69) is 22.0 Å². The topological polar surface area (TPSA) is 36.4 Å².